The van der Waals surface area contributed by atoms with Crippen molar-refractivity contribution in [3.05, 3.63) is 11.6 Å². The molecule has 0 aliphatic rings. The Kier molecular flexibility index (Phi) is 6.19. The lowest BCUT2D eigenvalue weighted by atomic mass is 10.1. The molecule has 1 N–H and O–H groups in total. The SMILES string of the molecule is CCc1nc(CC)n(CCNCCC(C)C)n1. The van der Waals surface area contributed by atoms with Crippen LogP contribution in [0.15, 0.2) is 0 Å². The zero-order chi connectivity index (χ0) is 12.7. The molecule has 17 heavy (non-hydrogen) atoms. The summed E-state index contributed by atoms with van der Waals surface area (Å²) in [5.41, 5.74) is 0. The Morgan fingerprint density at radius 3 is 2.53 bits per heavy atom. The van der Waals surface area contributed by atoms with E-state index in [1.807, 2.05) is 4.68 Å². The lowest BCUT2D eigenvalue weighted by Crippen LogP contribution is -2.23. The zero-order valence-electron chi connectivity index (χ0n) is 11.7. The monoisotopic (exact) mass is 238 g/mol. The minimum atomic E-state index is 0.770. The van der Waals surface area contributed by atoms with Crippen molar-refractivity contribution in [2.24, 2.45) is 5.92 Å². The van der Waals surface area contributed by atoms with Gasteiger partial charge in [-0.2, -0.15) is 5.10 Å². The van der Waals surface area contributed by atoms with Crippen molar-refractivity contribution in [3.8, 4) is 0 Å². The van der Waals surface area contributed by atoms with E-state index in [2.05, 4.69) is 43.1 Å². The number of nitrogens with zero attached hydrogens (tertiary/aromatic N) is 3. The minimum Gasteiger partial charge on any atom is -0.315 e. The molecule has 4 nitrogen and oxygen atoms in total. The maximum Gasteiger partial charge on any atom is 0.150 e. The molecule has 1 aromatic heterocycles. The van der Waals surface area contributed by atoms with Crippen LogP contribution in [0, 0.1) is 5.92 Å². The van der Waals surface area contributed by atoms with E-state index in [-0.39, 0.29) is 0 Å². The largest absolute Gasteiger partial charge is 0.315 e. The summed E-state index contributed by atoms with van der Waals surface area (Å²) in [5, 5.41) is 7.95. The van der Waals surface area contributed by atoms with Gasteiger partial charge in [-0.15, -0.1) is 0 Å². The molecule has 0 saturated carbocycles. The number of nitrogens with one attached hydrogen (secondary N) is 1. The molecule has 1 heterocycles. The van der Waals surface area contributed by atoms with Gasteiger partial charge in [0.2, 0.25) is 0 Å². The summed E-state index contributed by atoms with van der Waals surface area (Å²) >= 11 is 0. The van der Waals surface area contributed by atoms with Crippen molar-refractivity contribution in [1.29, 1.82) is 0 Å². The summed E-state index contributed by atoms with van der Waals surface area (Å²) < 4.78 is 2.04. The summed E-state index contributed by atoms with van der Waals surface area (Å²) in [6.45, 7) is 11.7. The van der Waals surface area contributed by atoms with E-state index in [1.54, 1.807) is 0 Å². The molecule has 0 aliphatic carbocycles. The van der Waals surface area contributed by atoms with Crippen LogP contribution in [0.4, 0.5) is 0 Å². The Morgan fingerprint density at radius 2 is 1.94 bits per heavy atom. The third kappa shape index (κ3) is 4.86. The van der Waals surface area contributed by atoms with E-state index < -0.39 is 0 Å². The molecule has 0 spiro atoms. The molecule has 0 amide bonds. The lowest BCUT2D eigenvalue weighted by molar-refractivity contribution is 0.496. The molecular formula is C13H26N4. The molecule has 98 valence electrons. The topological polar surface area (TPSA) is 42.7 Å². The standard InChI is InChI=1S/C13H26N4/c1-5-12-15-13(6-2)17(16-12)10-9-14-8-7-11(3)4/h11,14H,5-10H2,1-4H3. The third-order valence-electron chi connectivity index (χ3n) is 2.82. The third-order valence-corrected chi connectivity index (χ3v) is 2.82. The van der Waals surface area contributed by atoms with Gasteiger partial charge in [0.25, 0.3) is 0 Å². The van der Waals surface area contributed by atoms with Gasteiger partial charge in [-0.05, 0) is 18.9 Å². The molecule has 0 atom stereocenters. The normalized spacial score (nSPS) is 11.4. The van der Waals surface area contributed by atoms with Gasteiger partial charge in [0.1, 0.15) is 5.82 Å². The van der Waals surface area contributed by atoms with Crippen molar-refractivity contribution < 1.29 is 0 Å². The van der Waals surface area contributed by atoms with Crippen LogP contribution in [0.2, 0.25) is 0 Å². The van der Waals surface area contributed by atoms with Gasteiger partial charge in [-0.25, -0.2) is 9.67 Å². The van der Waals surface area contributed by atoms with Crippen molar-refractivity contribution in [2.45, 2.75) is 53.5 Å². The second kappa shape index (κ2) is 7.43. The fourth-order valence-electron chi connectivity index (χ4n) is 1.72. The molecule has 0 unspecified atom stereocenters. The number of aryl methyl sites for hydroxylation is 2. The first-order valence-corrected chi connectivity index (χ1v) is 6.80. The molecule has 0 fully saturated rings. The summed E-state index contributed by atoms with van der Waals surface area (Å²) in [4.78, 5) is 4.50. The quantitative estimate of drug-likeness (QED) is 0.705. The summed E-state index contributed by atoms with van der Waals surface area (Å²) in [5.74, 6) is 2.84. The molecule has 0 saturated heterocycles. The first kappa shape index (κ1) is 14.2. The predicted molar refractivity (Wildman–Crippen MR) is 71.1 cm³/mol. The Balaban J connectivity index is 2.32. The van der Waals surface area contributed by atoms with Gasteiger partial charge < -0.3 is 5.32 Å². The van der Waals surface area contributed by atoms with Crippen molar-refractivity contribution >= 4 is 0 Å². The lowest BCUT2D eigenvalue weighted by Gasteiger charge is -2.08. The Morgan fingerprint density at radius 1 is 1.18 bits per heavy atom. The number of hydrogen-bond acceptors (Lipinski definition) is 3. The van der Waals surface area contributed by atoms with Crippen LogP contribution in [0.3, 0.4) is 0 Å². The first-order valence-electron chi connectivity index (χ1n) is 6.80. The fraction of sp³-hybridized carbons (Fsp3) is 0.846. The highest BCUT2D eigenvalue weighted by Crippen LogP contribution is 2.00. The van der Waals surface area contributed by atoms with Crippen LogP contribution >= 0.6 is 0 Å². The number of hydrogen-bond donors (Lipinski definition) is 1. The summed E-state index contributed by atoms with van der Waals surface area (Å²) in [6.07, 6.45) is 3.11. The smallest absolute Gasteiger partial charge is 0.150 e. The van der Waals surface area contributed by atoms with E-state index in [1.165, 1.54) is 6.42 Å². The van der Waals surface area contributed by atoms with Crippen molar-refractivity contribution in [3.63, 3.8) is 0 Å². The average Bonchev–Trinajstić information content (AvgIpc) is 2.70. The van der Waals surface area contributed by atoms with Crippen LogP contribution in [0.5, 0.6) is 0 Å². The van der Waals surface area contributed by atoms with Gasteiger partial charge in [-0.3, -0.25) is 0 Å². The molecule has 0 aliphatic heterocycles. The van der Waals surface area contributed by atoms with Gasteiger partial charge in [-0.1, -0.05) is 27.7 Å². The molecule has 1 rings (SSSR count). The average molecular weight is 238 g/mol. The molecule has 0 aromatic carbocycles. The molecular weight excluding hydrogens is 212 g/mol. The van der Waals surface area contributed by atoms with E-state index in [0.717, 1.165) is 50.0 Å². The predicted octanol–water partition coefficient (Wildman–Crippen LogP) is 2.04. The second-order valence-corrected chi connectivity index (χ2v) is 4.81. The maximum absolute atomic E-state index is 4.50. The Bertz CT molecular complexity index is 317. The van der Waals surface area contributed by atoms with Crippen LogP contribution in [0.25, 0.3) is 0 Å². The molecule has 1 aromatic rings. The van der Waals surface area contributed by atoms with Gasteiger partial charge >= 0.3 is 0 Å². The maximum atomic E-state index is 4.50. The van der Waals surface area contributed by atoms with Crippen LogP contribution in [-0.4, -0.2) is 27.9 Å². The summed E-state index contributed by atoms with van der Waals surface area (Å²) in [7, 11) is 0. The van der Waals surface area contributed by atoms with E-state index >= 15 is 0 Å². The second-order valence-electron chi connectivity index (χ2n) is 4.81. The minimum absolute atomic E-state index is 0.770. The highest BCUT2D eigenvalue weighted by atomic mass is 15.3. The van der Waals surface area contributed by atoms with Crippen LogP contribution < -0.4 is 5.32 Å². The van der Waals surface area contributed by atoms with E-state index in [0.29, 0.717) is 0 Å². The van der Waals surface area contributed by atoms with E-state index in [4.69, 9.17) is 0 Å². The van der Waals surface area contributed by atoms with Gasteiger partial charge in [0, 0.05) is 19.4 Å². The Labute approximate surface area is 105 Å². The van der Waals surface area contributed by atoms with Crippen molar-refractivity contribution in [2.75, 3.05) is 13.1 Å². The van der Waals surface area contributed by atoms with Crippen LogP contribution in [-0.2, 0) is 19.4 Å². The Hall–Kier alpha value is -0.900. The first-order chi connectivity index (χ1) is 8.17. The highest BCUT2D eigenvalue weighted by Gasteiger charge is 2.06. The number of aromatic nitrogens is 3. The van der Waals surface area contributed by atoms with Gasteiger partial charge in [0.15, 0.2) is 5.82 Å². The van der Waals surface area contributed by atoms with E-state index in [9.17, 15) is 0 Å². The van der Waals surface area contributed by atoms with Crippen molar-refractivity contribution in [1.82, 2.24) is 20.1 Å². The molecule has 0 bridgehead atoms. The highest BCUT2D eigenvalue weighted by molar-refractivity contribution is 4.92. The fourth-order valence-corrected chi connectivity index (χ4v) is 1.72. The van der Waals surface area contributed by atoms with Crippen LogP contribution in [0.1, 0.15) is 45.8 Å². The number of rotatable bonds is 8. The molecule has 4 heteroatoms. The molecule has 0 radical (unpaired) electrons. The zero-order valence-corrected chi connectivity index (χ0v) is 11.7. The van der Waals surface area contributed by atoms with Gasteiger partial charge in [0.05, 0.1) is 6.54 Å². The summed E-state index contributed by atoms with van der Waals surface area (Å²) in [6, 6.07) is 0.